The summed E-state index contributed by atoms with van der Waals surface area (Å²) in [5.41, 5.74) is 1.78. The van der Waals surface area contributed by atoms with E-state index >= 15 is 0 Å². The molecule has 0 saturated carbocycles. The summed E-state index contributed by atoms with van der Waals surface area (Å²) in [7, 11) is 0. The largest absolute Gasteiger partial charge is 0.377 e. The summed E-state index contributed by atoms with van der Waals surface area (Å²) in [6, 6.07) is 1.80. The number of carbonyl (C=O) groups excluding carboxylic acids is 1. The molecule has 18 heavy (non-hydrogen) atoms. The molecule has 1 saturated heterocycles. The van der Waals surface area contributed by atoms with Crippen molar-refractivity contribution >= 4 is 11.6 Å². The van der Waals surface area contributed by atoms with Gasteiger partial charge in [0.05, 0.1) is 12.6 Å². The summed E-state index contributed by atoms with van der Waals surface area (Å²) < 4.78 is 5.47. The minimum atomic E-state index is -0.0395. The Morgan fingerprint density at radius 2 is 2.50 bits per heavy atom. The lowest BCUT2D eigenvalue weighted by Gasteiger charge is -2.11. The number of nitrogens with zero attached hydrogens (tertiary/aromatic N) is 1. The summed E-state index contributed by atoms with van der Waals surface area (Å²) in [6.07, 6.45) is 5.87. The molecule has 2 heterocycles. The van der Waals surface area contributed by atoms with Gasteiger partial charge in [-0.05, 0) is 31.4 Å². The molecule has 0 aliphatic carbocycles. The van der Waals surface area contributed by atoms with Gasteiger partial charge in [0.25, 0.3) is 0 Å². The third-order valence-corrected chi connectivity index (χ3v) is 2.98. The minimum Gasteiger partial charge on any atom is -0.377 e. The molecule has 2 N–H and O–H groups in total. The zero-order valence-electron chi connectivity index (χ0n) is 10.6. The van der Waals surface area contributed by atoms with Gasteiger partial charge < -0.3 is 15.4 Å². The van der Waals surface area contributed by atoms with Gasteiger partial charge in [0, 0.05) is 31.2 Å². The summed E-state index contributed by atoms with van der Waals surface area (Å²) in [5.74, 6) is -0.0395. The number of hydrogen-bond donors (Lipinski definition) is 2. The van der Waals surface area contributed by atoms with Crippen LogP contribution >= 0.6 is 0 Å². The molecule has 1 amide bonds. The molecule has 0 bridgehead atoms. The van der Waals surface area contributed by atoms with Crippen molar-refractivity contribution in [2.45, 2.75) is 25.9 Å². The van der Waals surface area contributed by atoms with Gasteiger partial charge in [-0.1, -0.05) is 0 Å². The molecule has 1 fully saturated rings. The summed E-state index contributed by atoms with van der Waals surface area (Å²) in [6.45, 7) is 3.81. The minimum absolute atomic E-state index is 0.0395. The smallest absolute Gasteiger partial charge is 0.238 e. The van der Waals surface area contributed by atoms with Gasteiger partial charge in [0.15, 0.2) is 0 Å². The Kier molecular flexibility index (Phi) is 4.66. The fourth-order valence-electron chi connectivity index (χ4n) is 1.96. The molecule has 0 spiro atoms. The molecule has 1 aromatic rings. The summed E-state index contributed by atoms with van der Waals surface area (Å²) >= 11 is 0. The molecule has 1 unspecified atom stereocenters. The molecule has 1 aliphatic rings. The average Bonchev–Trinajstić information content (AvgIpc) is 2.85. The Morgan fingerprint density at radius 1 is 1.61 bits per heavy atom. The SMILES string of the molecule is Cc1cnccc1NC(=O)CNCC1CCCO1. The Bertz CT molecular complexity index is 403. The third kappa shape index (κ3) is 3.78. The molecule has 0 radical (unpaired) electrons. The Morgan fingerprint density at radius 3 is 3.22 bits per heavy atom. The monoisotopic (exact) mass is 249 g/mol. The van der Waals surface area contributed by atoms with E-state index in [1.807, 2.05) is 6.92 Å². The van der Waals surface area contributed by atoms with Crippen LogP contribution in [0.25, 0.3) is 0 Å². The van der Waals surface area contributed by atoms with E-state index in [0.29, 0.717) is 6.54 Å². The Balaban J connectivity index is 1.70. The number of anilines is 1. The van der Waals surface area contributed by atoms with E-state index in [1.165, 1.54) is 0 Å². The first-order chi connectivity index (χ1) is 8.75. The maximum absolute atomic E-state index is 11.7. The normalized spacial score (nSPS) is 18.8. The molecule has 2 rings (SSSR count). The molecule has 5 heteroatoms. The lowest BCUT2D eigenvalue weighted by molar-refractivity contribution is -0.115. The molecule has 1 atom stereocenters. The second-order valence-corrected chi connectivity index (χ2v) is 4.50. The molecule has 5 nitrogen and oxygen atoms in total. The van der Waals surface area contributed by atoms with E-state index in [1.54, 1.807) is 18.5 Å². The maximum atomic E-state index is 11.7. The van der Waals surface area contributed by atoms with Gasteiger partial charge in [-0.2, -0.15) is 0 Å². The Labute approximate surface area is 107 Å². The van der Waals surface area contributed by atoms with Crippen molar-refractivity contribution in [1.82, 2.24) is 10.3 Å². The first kappa shape index (κ1) is 13.0. The van der Waals surface area contributed by atoms with E-state index in [-0.39, 0.29) is 12.0 Å². The highest BCUT2D eigenvalue weighted by molar-refractivity contribution is 5.92. The van der Waals surface area contributed by atoms with Crippen LogP contribution in [-0.2, 0) is 9.53 Å². The predicted molar refractivity (Wildman–Crippen MR) is 69.4 cm³/mol. The van der Waals surface area contributed by atoms with Crippen LogP contribution in [0.4, 0.5) is 5.69 Å². The second-order valence-electron chi connectivity index (χ2n) is 4.50. The number of hydrogen-bond acceptors (Lipinski definition) is 4. The number of nitrogens with one attached hydrogen (secondary N) is 2. The van der Waals surface area contributed by atoms with Crippen LogP contribution in [0.1, 0.15) is 18.4 Å². The molecule has 0 aromatic carbocycles. The summed E-state index contributed by atoms with van der Waals surface area (Å²) in [5, 5.41) is 5.97. The highest BCUT2D eigenvalue weighted by Crippen LogP contribution is 2.11. The highest BCUT2D eigenvalue weighted by Gasteiger charge is 2.15. The standard InChI is InChI=1S/C13H19N3O2/c1-10-7-14-5-4-12(10)16-13(17)9-15-8-11-3-2-6-18-11/h4-5,7,11,15H,2-3,6,8-9H2,1H3,(H,14,16,17). The van der Waals surface area contributed by atoms with E-state index < -0.39 is 0 Å². The van der Waals surface area contributed by atoms with Crippen LogP contribution in [0.5, 0.6) is 0 Å². The number of ether oxygens (including phenoxy) is 1. The van der Waals surface area contributed by atoms with Crippen LogP contribution in [0.15, 0.2) is 18.5 Å². The van der Waals surface area contributed by atoms with Gasteiger partial charge in [0.1, 0.15) is 0 Å². The molecule has 1 aliphatic heterocycles. The van der Waals surface area contributed by atoms with Crippen molar-refractivity contribution in [3.63, 3.8) is 0 Å². The van der Waals surface area contributed by atoms with Gasteiger partial charge in [0.2, 0.25) is 5.91 Å². The van der Waals surface area contributed by atoms with Crippen molar-refractivity contribution in [1.29, 1.82) is 0 Å². The first-order valence-electron chi connectivity index (χ1n) is 6.28. The van der Waals surface area contributed by atoms with Crippen molar-refractivity contribution in [2.75, 3.05) is 25.0 Å². The number of rotatable bonds is 5. The van der Waals surface area contributed by atoms with Crippen molar-refractivity contribution in [3.8, 4) is 0 Å². The average molecular weight is 249 g/mol. The van der Waals surface area contributed by atoms with Crippen LogP contribution in [0.2, 0.25) is 0 Å². The molecule has 98 valence electrons. The first-order valence-corrected chi connectivity index (χ1v) is 6.28. The van der Waals surface area contributed by atoms with Crippen molar-refractivity contribution in [2.24, 2.45) is 0 Å². The fraction of sp³-hybridized carbons (Fsp3) is 0.538. The molecular weight excluding hydrogens is 230 g/mol. The zero-order valence-corrected chi connectivity index (χ0v) is 10.6. The lowest BCUT2D eigenvalue weighted by Crippen LogP contribution is -2.33. The van der Waals surface area contributed by atoms with Gasteiger partial charge in [-0.25, -0.2) is 0 Å². The fourth-order valence-corrected chi connectivity index (χ4v) is 1.96. The number of carbonyl (C=O) groups is 1. The van der Waals surface area contributed by atoms with Crippen molar-refractivity contribution < 1.29 is 9.53 Å². The quantitative estimate of drug-likeness (QED) is 0.820. The van der Waals surface area contributed by atoms with Gasteiger partial charge >= 0.3 is 0 Å². The maximum Gasteiger partial charge on any atom is 0.238 e. The zero-order chi connectivity index (χ0) is 12.8. The van der Waals surface area contributed by atoms with Gasteiger partial charge in [-0.3, -0.25) is 9.78 Å². The molecule has 1 aromatic heterocycles. The van der Waals surface area contributed by atoms with Gasteiger partial charge in [-0.15, -0.1) is 0 Å². The van der Waals surface area contributed by atoms with Crippen LogP contribution < -0.4 is 10.6 Å². The highest BCUT2D eigenvalue weighted by atomic mass is 16.5. The van der Waals surface area contributed by atoms with Crippen LogP contribution in [-0.4, -0.2) is 36.7 Å². The van der Waals surface area contributed by atoms with E-state index in [0.717, 1.165) is 37.2 Å². The Hall–Kier alpha value is -1.46. The van der Waals surface area contributed by atoms with Crippen LogP contribution in [0.3, 0.4) is 0 Å². The topological polar surface area (TPSA) is 63.2 Å². The third-order valence-electron chi connectivity index (χ3n) is 2.98. The molecular formula is C13H19N3O2. The van der Waals surface area contributed by atoms with Crippen molar-refractivity contribution in [3.05, 3.63) is 24.0 Å². The predicted octanol–water partition coefficient (Wildman–Crippen LogP) is 1.10. The number of amides is 1. The van der Waals surface area contributed by atoms with E-state index in [9.17, 15) is 4.79 Å². The van der Waals surface area contributed by atoms with Crippen LogP contribution in [0, 0.1) is 6.92 Å². The van der Waals surface area contributed by atoms with E-state index in [2.05, 4.69) is 15.6 Å². The number of aryl methyl sites for hydroxylation is 1. The second kappa shape index (κ2) is 6.47. The lowest BCUT2D eigenvalue weighted by atomic mass is 10.2. The van der Waals surface area contributed by atoms with E-state index in [4.69, 9.17) is 4.74 Å². The number of aromatic nitrogens is 1. The number of pyridine rings is 1. The summed E-state index contributed by atoms with van der Waals surface area (Å²) in [4.78, 5) is 15.7.